The zero-order valence-electron chi connectivity index (χ0n) is 20.2. The van der Waals surface area contributed by atoms with Crippen LogP contribution in [0, 0.1) is 5.92 Å². The van der Waals surface area contributed by atoms with Gasteiger partial charge in [-0.15, -0.1) is 0 Å². The maximum absolute atomic E-state index is 13.3. The SMILES string of the molecule is C=C(NC(=O)C(=C)n1cnc2c(-c3ccc4c(c3)OCC(=O)N4)cccc2c1=O)C(=O)N(C)CC1CC1. The van der Waals surface area contributed by atoms with Gasteiger partial charge in [0.15, 0.2) is 6.61 Å². The van der Waals surface area contributed by atoms with Crippen molar-refractivity contribution in [3.63, 3.8) is 0 Å². The summed E-state index contributed by atoms with van der Waals surface area (Å²) in [5, 5.41) is 5.46. The van der Waals surface area contributed by atoms with Crippen LogP contribution in [0.25, 0.3) is 27.7 Å². The molecule has 0 unspecified atom stereocenters. The molecule has 3 amide bonds. The number of para-hydroxylation sites is 1. The average Bonchev–Trinajstić information content (AvgIpc) is 3.71. The molecule has 0 atom stereocenters. The lowest BCUT2D eigenvalue weighted by Crippen LogP contribution is -2.38. The number of nitrogens with zero attached hydrogens (tertiary/aromatic N) is 3. The summed E-state index contributed by atoms with van der Waals surface area (Å²) in [6.45, 7) is 7.94. The predicted molar refractivity (Wildman–Crippen MR) is 139 cm³/mol. The molecule has 2 aromatic carbocycles. The van der Waals surface area contributed by atoms with E-state index in [0.717, 1.165) is 23.0 Å². The highest BCUT2D eigenvalue weighted by Crippen LogP contribution is 2.34. The number of anilines is 1. The van der Waals surface area contributed by atoms with Crippen LogP contribution in [0.15, 0.2) is 66.4 Å². The summed E-state index contributed by atoms with van der Waals surface area (Å²) < 4.78 is 6.55. The Kier molecular flexibility index (Phi) is 6.08. The van der Waals surface area contributed by atoms with Gasteiger partial charge < -0.3 is 20.3 Å². The van der Waals surface area contributed by atoms with Gasteiger partial charge in [0, 0.05) is 19.2 Å². The average molecular weight is 500 g/mol. The smallest absolute Gasteiger partial charge is 0.272 e. The molecule has 0 radical (unpaired) electrons. The lowest BCUT2D eigenvalue weighted by molar-refractivity contribution is -0.128. The summed E-state index contributed by atoms with van der Waals surface area (Å²) in [7, 11) is 1.66. The number of carbonyl (C=O) groups excluding carboxylic acids is 3. The van der Waals surface area contributed by atoms with Gasteiger partial charge in [0.2, 0.25) is 0 Å². The van der Waals surface area contributed by atoms with Crippen LogP contribution in [0.3, 0.4) is 0 Å². The molecule has 2 aliphatic rings. The first-order chi connectivity index (χ1) is 17.7. The van der Waals surface area contributed by atoms with E-state index >= 15 is 0 Å². The predicted octanol–water partition coefficient (Wildman–Crippen LogP) is 2.36. The van der Waals surface area contributed by atoms with Gasteiger partial charge in [-0.25, -0.2) is 4.98 Å². The summed E-state index contributed by atoms with van der Waals surface area (Å²) in [6, 6.07) is 10.4. The summed E-state index contributed by atoms with van der Waals surface area (Å²) in [5.74, 6) is -0.337. The van der Waals surface area contributed by atoms with E-state index in [0.29, 0.717) is 35.0 Å². The molecule has 2 N–H and O–H groups in total. The Balaban J connectivity index is 1.39. The van der Waals surface area contributed by atoms with E-state index in [1.807, 2.05) is 6.07 Å². The molecule has 1 saturated carbocycles. The Labute approximate surface area is 212 Å². The van der Waals surface area contributed by atoms with Crippen LogP contribution in [0.2, 0.25) is 0 Å². The molecule has 1 aliphatic carbocycles. The normalized spacial score (nSPS) is 14.2. The fourth-order valence-corrected chi connectivity index (χ4v) is 4.19. The van der Waals surface area contributed by atoms with Crippen LogP contribution in [0.4, 0.5) is 5.69 Å². The van der Waals surface area contributed by atoms with Crippen molar-refractivity contribution in [1.82, 2.24) is 19.8 Å². The molecule has 1 fully saturated rings. The van der Waals surface area contributed by atoms with Crippen molar-refractivity contribution in [1.29, 1.82) is 0 Å². The van der Waals surface area contributed by atoms with Gasteiger partial charge in [-0.2, -0.15) is 0 Å². The monoisotopic (exact) mass is 499 g/mol. The minimum Gasteiger partial charge on any atom is -0.482 e. The minimum absolute atomic E-state index is 0.0754. The molecule has 0 bridgehead atoms. The summed E-state index contributed by atoms with van der Waals surface area (Å²) in [4.78, 5) is 56.1. The second-order valence-corrected chi connectivity index (χ2v) is 9.18. The highest BCUT2D eigenvalue weighted by atomic mass is 16.5. The summed E-state index contributed by atoms with van der Waals surface area (Å²) in [6.07, 6.45) is 3.41. The quantitative estimate of drug-likeness (QED) is 0.481. The van der Waals surface area contributed by atoms with E-state index in [1.165, 1.54) is 11.2 Å². The minimum atomic E-state index is -0.730. The van der Waals surface area contributed by atoms with E-state index in [2.05, 4.69) is 28.8 Å². The first-order valence-electron chi connectivity index (χ1n) is 11.8. The number of carbonyl (C=O) groups is 3. The first kappa shape index (κ1) is 24.0. The highest BCUT2D eigenvalue weighted by Gasteiger charge is 2.26. The number of benzene rings is 2. The van der Waals surface area contributed by atoms with Crippen molar-refractivity contribution in [2.45, 2.75) is 12.8 Å². The fourth-order valence-electron chi connectivity index (χ4n) is 4.19. The highest BCUT2D eigenvalue weighted by molar-refractivity contribution is 6.15. The van der Waals surface area contributed by atoms with Gasteiger partial charge >= 0.3 is 0 Å². The standard InChI is InChI=1S/C27H25N5O5/c1-15(26(35)31(3)12-17-7-8-17)29-25(34)16(2)32-14-28-24-19(5-4-6-20(24)27(32)36)18-9-10-21-22(11-18)37-13-23(33)30-21/h4-6,9-11,14,17H,1-2,7-8,12-13H2,3H3,(H,29,34)(H,30,33). The number of likely N-dealkylation sites (N-methyl/N-ethyl adjacent to an activating group) is 1. The molecule has 5 rings (SSSR count). The molecule has 2 heterocycles. The van der Waals surface area contributed by atoms with E-state index in [9.17, 15) is 19.2 Å². The zero-order valence-corrected chi connectivity index (χ0v) is 20.2. The Bertz CT molecular complexity index is 1550. The van der Waals surface area contributed by atoms with E-state index < -0.39 is 17.4 Å². The van der Waals surface area contributed by atoms with Crippen LogP contribution < -0.4 is 20.9 Å². The van der Waals surface area contributed by atoms with Gasteiger partial charge in [0.1, 0.15) is 17.8 Å². The Morgan fingerprint density at radius 3 is 2.76 bits per heavy atom. The van der Waals surface area contributed by atoms with Crippen molar-refractivity contribution in [2.75, 3.05) is 25.5 Å². The van der Waals surface area contributed by atoms with Crippen LogP contribution >= 0.6 is 0 Å². The second kappa shape index (κ2) is 9.38. The van der Waals surface area contributed by atoms with Crippen LogP contribution in [-0.2, 0) is 14.4 Å². The van der Waals surface area contributed by atoms with Crippen LogP contribution in [-0.4, -0.2) is 52.4 Å². The molecule has 0 saturated heterocycles. The summed E-state index contributed by atoms with van der Waals surface area (Å²) in [5.41, 5.74) is 1.64. The molecule has 1 aromatic heterocycles. The molecule has 37 heavy (non-hydrogen) atoms. The number of fused-ring (bicyclic) bond motifs is 2. The number of rotatable bonds is 7. The van der Waals surface area contributed by atoms with E-state index in [1.54, 1.807) is 37.4 Å². The third-order valence-corrected chi connectivity index (χ3v) is 6.36. The number of nitrogens with one attached hydrogen (secondary N) is 2. The van der Waals surface area contributed by atoms with Crippen molar-refractivity contribution < 1.29 is 19.1 Å². The van der Waals surface area contributed by atoms with Gasteiger partial charge in [-0.1, -0.05) is 31.4 Å². The number of hydrogen-bond acceptors (Lipinski definition) is 6. The molecule has 0 spiro atoms. The van der Waals surface area contributed by atoms with Crippen LogP contribution in [0.5, 0.6) is 5.75 Å². The maximum Gasteiger partial charge on any atom is 0.272 e. The van der Waals surface area contributed by atoms with E-state index in [4.69, 9.17) is 4.74 Å². The Hall–Kier alpha value is -4.73. The summed E-state index contributed by atoms with van der Waals surface area (Å²) >= 11 is 0. The van der Waals surface area contributed by atoms with Gasteiger partial charge in [0.05, 0.1) is 22.3 Å². The Morgan fingerprint density at radius 1 is 1.22 bits per heavy atom. The van der Waals surface area contributed by atoms with Gasteiger partial charge in [-0.05, 0) is 42.5 Å². The van der Waals surface area contributed by atoms with Crippen molar-refractivity contribution in [3.8, 4) is 16.9 Å². The maximum atomic E-state index is 13.3. The van der Waals surface area contributed by atoms with Crippen molar-refractivity contribution >= 4 is 40.0 Å². The molecule has 10 nitrogen and oxygen atoms in total. The van der Waals surface area contributed by atoms with Crippen LogP contribution in [0.1, 0.15) is 12.8 Å². The van der Waals surface area contributed by atoms with Crippen molar-refractivity contribution in [2.24, 2.45) is 5.92 Å². The van der Waals surface area contributed by atoms with Crippen molar-refractivity contribution in [3.05, 3.63) is 71.9 Å². The lowest BCUT2D eigenvalue weighted by atomic mass is 10.0. The Morgan fingerprint density at radius 2 is 2.00 bits per heavy atom. The van der Waals surface area contributed by atoms with E-state index in [-0.39, 0.29) is 29.3 Å². The molecule has 10 heteroatoms. The number of ether oxygens (including phenoxy) is 1. The first-order valence-corrected chi connectivity index (χ1v) is 11.8. The number of amides is 3. The molecule has 3 aromatic rings. The number of hydrogen-bond donors (Lipinski definition) is 2. The third-order valence-electron chi connectivity index (χ3n) is 6.36. The topological polar surface area (TPSA) is 123 Å². The van der Waals surface area contributed by atoms with Gasteiger partial charge in [0.25, 0.3) is 23.3 Å². The second-order valence-electron chi connectivity index (χ2n) is 9.18. The molecule has 1 aliphatic heterocycles. The lowest BCUT2D eigenvalue weighted by Gasteiger charge is -2.19. The largest absolute Gasteiger partial charge is 0.482 e. The number of aromatic nitrogens is 2. The third kappa shape index (κ3) is 4.73. The zero-order chi connectivity index (χ0) is 26.3. The fraction of sp³-hybridized carbons (Fsp3) is 0.222. The molecule has 188 valence electrons. The molecular formula is C27H25N5O5. The van der Waals surface area contributed by atoms with Gasteiger partial charge in [-0.3, -0.25) is 23.7 Å². The molecular weight excluding hydrogens is 474 g/mol.